The Labute approximate surface area is 195 Å². The maximum Gasteiger partial charge on any atom is -0.00967 e. The van der Waals surface area contributed by atoms with Crippen molar-refractivity contribution in [1.82, 2.24) is 0 Å². The van der Waals surface area contributed by atoms with Crippen LogP contribution in [0.15, 0.2) is 63.2 Å². The highest BCUT2D eigenvalue weighted by atomic mass is 14.1. The highest BCUT2D eigenvalue weighted by Crippen LogP contribution is 2.32. The van der Waals surface area contributed by atoms with E-state index in [0.29, 0.717) is 0 Å². The minimum atomic E-state index is 0.990. The van der Waals surface area contributed by atoms with Gasteiger partial charge in [-0.1, -0.05) is 101 Å². The van der Waals surface area contributed by atoms with Gasteiger partial charge in [0.25, 0.3) is 0 Å². The molecule has 0 amide bonds. The van der Waals surface area contributed by atoms with Gasteiger partial charge in [0.05, 0.1) is 0 Å². The average Bonchev–Trinajstić information content (AvgIpc) is 2.83. The topological polar surface area (TPSA) is 0 Å². The van der Waals surface area contributed by atoms with Crippen molar-refractivity contribution in [2.75, 3.05) is 0 Å². The minimum Gasteiger partial charge on any atom is -0.0984 e. The molecule has 0 heteroatoms. The third-order valence-corrected chi connectivity index (χ3v) is 6.18. The third-order valence-electron chi connectivity index (χ3n) is 6.18. The van der Waals surface area contributed by atoms with Crippen molar-refractivity contribution in [3.8, 4) is 0 Å². The summed E-state index contributed by atoms with van der Waals surface area (Å²) in [6.07, 6.45) is 11.6. The molecule has 3 rings (SSSR count). The van der Waals surface area contributed by atoms with Crippen LogP contribution in [0, 0.1) is 13.8 Å². The minimum absolute atomic E-state index is 0.990. The van der Waals surface area contributed by atoms with Crippen LogP contribution in [0.25, 0.3) is 41.2 Å². The highest BCUT2D eigenvalue weighted by molar-refractivity contribution is 5.99. The first-order chi connectivity index (χ1) is 15.4. The molecule has 0 heterocycles. The summed E-state index contributed by atoms with van der Waals surface area (Å²) >= 11 is 0. The molecule has 0 radical (unpaired) electrons. The van der Waals surface area contributed by atoms with Crippen LogP contribution in [0.4, 0.5) is 0 Å². The van der Waals surface area contributed by atoms with E-state index in [1.165, 1.54) is 55.3 Å². The van der Waals surface area contributed by atoms with E-state index >= 15 is 0 Å². The number of fused-ring (bicyclic) bond motifs is 1. The molecule has 0 aliphatic carbocycles. The molecule has 0 saturated heterocycles. The van der Waals surface area contributed by atoms with Gasteiger partial charge in [-0.3, -0.25) is 0 Å². The second kappa shape index (κ2) is 11.3. The SMILES string of the molecule is C=Cc1c(CC)cc2c(C=C)cc(CC)cc2c1C=C.C=Cc1ccc(C)c(C)c1C=C. The van der Waals surface area contributed by atoms with Crippen molar-refractivity contribution < 1.29 is 0 Å². The summed E-state index contributed by atoms with van der Waals surface area (Å²) in [6, 6.07) is 11.0. The monoisotopic (exact) mass is 420 g/mol. The Morgan fingerprint density at radius 2 is 1.25 bits per heavy atom. The molecule has 0 aromatic heterocycles. The van der Waals surface area contributed by atoms with E-state index in [0.717, 1.165) is 18.4 Å². The zero-order valence-electron chi connectivity index (χ0n) is 20.2. The number of rotatable bonds is 7. The van der Waals surface area contributed by atoms with Gasteiger partial charge in [0.2, 0.25) is 0 Å². The molecular weight excluding hydrogens is 384 g/mol. The molecule has 0 N–H and O–H groups in total. The van der Waals surface area contributed by atoms with Crippen LogP contribution in [-0.4, -0.2) is 0 Å². The van der Waals surface area contributed by atoms with Gasteiger partial charge in [0.1, 0.15) is 0 Å². The van der Waals surface area contributed by atoms with E-state index in [-0.39, 0.29) is 0 Å². The lowest BCUT2D eigenvalue weighted by Gasteiger charge is -2.15. The van der Waals surface area contributed by atoms with Crippen LogP contribution in [0.3, 0.4) is 0 Å². The lowest BCUT2D eigenvalue weighted by atomic mass is 9.89. The first-order valence-corrected chi connectivity index (χ1v) is 11.2. The lowest BCUT2D eigenvalue weighted by molar-refractivity contribution is 1.13. The van der Waals surface area contributed by atoms with Crippen LogP contribution in [-0.2, 0) is 12.8 Å². The summed E-state index contributed by atoms with van der Waals surface area (Å²) in [7, 11) is 0. The third kappa shape index (κ3) is 4.92. The molecule has 32 heavy (non-hydrogen) atoms. The van der Waals surface area contributed by atoms with Crippen LogP contribution >= 0.6 is 0 Å². The molecule has 0 bridgehead atoms. The number of aryl methyl sites for hydroxylation is 3. The van der Waals surface area contributed by atoms with Gasteiger partial charge in [-0.25, -0.2) is 0 Å². The number of hydrogen-bond acceptors (Lipinski definition) is 0. The van der Waals surface area contributed by atoms with Crippen molar-refractivity contribution in [1.29, 1.82) is 0 Å². The second-order valence-corrected chi connectivity index (χ2v) is 7.88. The molecular formula is C32H36. The smallest absolute Gasteiger partial charge is 0.00967 e. The lowest BCUT2D eigenvalue weighted by Crippen LogP contribution is -1.95. The van der Waals surface area contributed by atoms with Crippen molar-refractivity contribution in [3.05, 3.63) is 113 Å². The van der Waals surface area contributed by atoms with Gasteiger partial charge in [-0.05, 0) is 93.6 Å². The van der Waals surface area contributed by atoms with Crippen LogP contribution < -0.4 is 0 Å². The molecule has 0 aliphatic rings. The summed E-state index contributed by atoms with van der Waals surface area (Å²) < 4.78 is 0. The summed E-state index contributed by atoms with van der Waals surface area (Å²) in [6.45, 7) is 28.1. The fourth-order valence-corrected chi connectivity index (χ4v) is 4.13. The Morgan fingerprint density at radius 3 is 1.75 bits per heavy atom. The summed E-state index contributed by atoms with van der Waals surface area (Å²) in [5.41, 5.74) is 11.2. The van der Waals surface area contributed by atoms with Gasteiger partial charge in [0, 0.05) is 0 Å². The van der Waals surface area contributed by atoms with E-state index in [2.05, 4.69) is 90.9 Å². The maximum absolute atomic E-state index is 4.00. The Morgan fingerprint density at radius 1 is 0.625 bits per heavy atom. The highest BCUT2D eigenvalue weighted by Gasteiger charge is 2.11. The van der Waals surface area contributed by atoms with E-state index < -0.39 is 0 Å². The zero-order chi connectivity index (χ0) is 23.8. The van der Waals surface area contributed by atoms with E-state index in [9.17, 15) is 0 Å². The zero-order valence-corrected chi connectivity index (χ0v) is 20.2. The van der Waals surface area contributed by atoms with Gasteiger partial charge in [-0.15, -0.1) is 0 Å². The van der Waals surface area contributed by atoms with Crippen LogP contribution in [0.2, 0.25) is 0 Å². The second-order valence-electron chi connectivity index (χ2n) is 7.88. The van der Waals surface area contributed by atoms with Crippen LogP contribution in [0.5, 0.6) is 0 Å². The fraction of sp³-hybridized carbons (Fsp3) is 0.188. The normalized spacial score (nSPS) is 10.1. The van der Waals surface area contributed by atoms with Crippen molar-refractivity contribution in [2.24, 2.45) is 0 Å². The molecule has 0 aliphatic heterocycles. The molecule has 164 valence electrons. The Hall–Kier alpha value is -3.38. The first kappa shape index (κ1) is 24.9. The summed E-state index contributed by atoms with van der Waals surface area (Å²) in [4.78, 5) is 0. The van der Waals surface area contributed by atoms with E-state index in [1.54, 1.807) is 0 Å². The predicted octanol–water partition coefficient (Wildman–Crippen LogP) is 9.48. The fourth-order valence-electron chi connectivity index (χ4n) is 4.13. The Bertz CT molecular complexity index is 1180. The molecule has 0 atom stereocenters. The molecule has 3 aromatic rings. The quantitative estimate of drug-likeness (QED) is 0.357. The summed E-state index contributed by atoms with van der Waals surface area (Å²) in [5.74, 6) is 0. The predicted molar refractivity (Wildman–Crippen MR) is 149 cm³/mol. The molecule has 0 nitrogen and oxygen atoms in total. The standard InChI is InChI=1S/C20H22.C12H14/c1-6-14-11-15(7-2)19-13-16(8-3)17(9-4)18(10-5)20(19)12-14;1-5-11-8-7-9(3)10(4)12(11)6-2/h7,9-13H,2,4-6,8H2,1,3H3;5-8H,1-2H2,3-4H3. The number of benzene rings is 3. The first-order valence-electron chi connectivity index (χ1n) is 11.2. The molecule has 0 fully saturated rings. The van der Waals surface area contributed by atoms with Gasteiger partial charge >= 0.3 is 0 Å². The maximum atomic E-state index is 4.00. The van der Waals surface area contributed by atoms with Gasteiger partial charge in [0.15, 0.2) is 0 Å². The number of hydrogen-bond donors (Lipinski definition) is 0. The summed E-state index contributed by atoms with van der Waals surface area (Å²) in [5, 5.41) is 2.51. The Kier molecular flexibility index (Phi) is 8.79. The Balaban J connectivity index is 0.000000258. The van der Waals surface area contributed by atoms with Gasteiger partial charge < -0.3 is 0 Å². The van der Waals surface area contributed by atoms with E-state index in [4.69, 9.17) is 0 Å². The molecule has 0 saturated carbocycles. The van der Waals surface area contributed by atoms with Crippen LogP contribution in [0.1, 0.15) is 63.9 Å². The van der Waals surface area contributed by atoms with Crippen molar-refractivity contribution in [2.45, 2.75) is 40.5 Å². The molecule has 0 unspecified atom stereocenters. The molecule has 0 spiro atoms. The molecule has 3 aromatic carbocycles. The average molecular weight is 421 g/mol. The van der Waals surface area contributed by atoms with E-state index in [1.807, 2.05) is 30.4 Å². The van der Waals surface area contributed by atoms with Crippen molar-refractivity contribution in [3.63, 3.8) is 0 Å². The van der Waals surface area contributed by atoms with Gasteiger partial charge in [-0.2, -0.15) is 0 Å². The largest absolute Gasteiger partial charge is 0.0984 e. The van der Waals surface area contributed by atoms with Crippen molar-refractivity contribution >= 4 is 41.2 Å².